The van der Waals surface area contributed by atoms with Gasteiger partial charge in [0, 0.05) is 16.5 Å². The van der Waals surface area contributed by atoms with E-state index in [9.17, 15) is 9.59 Å². The monoisotopic (exact) mass is 227 g/mol. The number of aliphatic hydroxyl groups excluding tert-OH is 1. The van der Waals surface area contributed by atoms with Crippen molar-refractivity contribution in [3.05, 3.63) is 47.0 Å². The van der Waals surface area contributed by atoms with E-state index in [1.807, 2.05) is 6.07 Å². The number of imide groups is 1. The van der Waals surface area contributed by atoms with Crippen LogP contribution in [0.1, 0.15) is 26.3 Å². The van der Waals surface area contributed by atoms with Gasteiger partial charge < -0.3 is 5.11 Å². The Bertz CT molecular complexity index is 661. The normalized spacial score (nSPS) is 13.9. The molecule has 0 bridgehead atoms. The van der Waals surface area contributed by atoms with Crippen molar-refractivity contribution in [1.82, 2.24) is 5.32 Å². The number of aliphatic hydroxyl groups is 1. The van der Waals surface area contributed by atoms with Crippen molar-refractivity contribution < 1.29 is 14.7 Å². The van der Waals surface area contributed by atoms with Crippen molar-refractivity contribution in [2.24, 2.45) is 0 Å². The zero-order valence-corrected chi connectivity index (χ0v) is 8.86. The van der Waals surface area contributed by atoms with Crippen molar-refractivity contribution >= 4 is 22.6 Å². The van der Waals surface area contributed by atoms with Crippen LogP contribution in [0.2, 0.25) is 0 Å². The molecule has 1 aliphatic rings. The molecule has 0 radical (unpaired) electrons. The van der Waals surface area contributed by atoms with Gasteiger partial charge in [-0.3, -0.25) is 14.9 Å². The van der Waals surface area contributed by atoms with Gasteiger partial charge in [0.05, 0.1) is 6.61 Å². The van der Waals surface area contributed by atoms with Gasteiger partial charge >= 0.3 is 0 Å². The smallest absolute Gasteiger partial charge is 0.258 e. The Morgan fingerprint density at radius 3 is 2.59 bits per heavy atom. The van der Waals surface area contributed by atoms with Crippen LogP contribution < -0.4 is 5.32 Å². The lowest BCUT2D eigenvalue weighted by Crippen LogP contribution is -2.34. The molecule has 0 saturated carbocycles. The van der Waals surface area contributed by atoms with Crippen molar-refractivity contribution in [3.63, 3.8) is 0 Å². The molecule has 0 fully saturated rings. The van der Waals surface area contributed by atoms with Crippen molar-refractivity contribution in [2.45, 2.75) is 6.61 Å². The highest BCUT2D eigenvalue weighted by Crippen LogP contribution is 2.27. The van der Waals surface area contributed by atoms with Gasteiger partial charge in [0.2, 0.25) is 0 Å². The zero-order chi connectivity index (χ0) is 12.0. The molecule has 0 aromatic heterocycles. The molecule has 4 heteroatoms. The van der Waals surface area contributed by atoms with Gasteiger partial charge in [-0.05, 0) is 29.1 Å². The standard InChI is InChI=1S/C13H9NO3/c15-6-7-4-8-2-1-3-9-11(8)10(5-7)13(17)14-12(9)16/h1-5,15H,6H2,(H,14,16,17). The summed E-state index contributed by atoms with van der Waals surface area (Å²) in [5.74, 6) is -0.779. The Kier molecular flexibility index (Phi) is 2.00. The molecule has 2 amide bonds. The van der Waals surface area contributed by atoms with Crippen LogP contribution in [0.25, 0.3) is 10.8 Å². The van der Waals surface area contributed by atoms with E-state index in [2.05, 4.69) is 5.32 Å². The third-order valence-corrected chi connectivity index (χ3v) is 2.94. The lowest BCUT2D eigenvalue weighted by molar-refractivity contribution is 0.0845. The van der Waals surface area contributed by atoms with Crippen LogP contribution in [0.3, 0.4) is 0 Å². The van der Waals surface area contributed by atoms with Gasteiger partial charge in [-0.15, -0.1) is 0 Å². The number of rotatable bonds is 1. The third kappa shape index (κ3) is 1.34. The first-order chi connectivity index (χ1) is 8.20. The number of hydrogen-bond acceptors (Lipinski definition) is 3. The van der Waals surface area contributed by atoms with Gasteiger partial charge in [0.1, 0.15) is 0 Å². The Labute approximate surface area is 96.9 Å². The SMILES string of the molecule is O=C1NC(=O)c2cc(CO)cc3cccc1c23. The fourth-order valence-corrected chi connectivity index (χ4v) is 2.19. The average Bonchev–Trinajstić information content (AvgIpc) is 2.35. The van der Waals surface area contributed by atoms with Gasteiger partial charge in [-0.1, -0.05) is 12.1 Å². The van der Waals surface area contributed by atoms with E-state index < -0.39 is 5.91 Å². The Hall–Kier alpha value is -2.20. The summed E-state index contributed by atoms with van der Waals surface area (Å²) >= 11 is 0. The number of carbonyl (C=O) groups is 2. The molecule has 2 N–H and O–H groups in total. The number of amides is 2. The molecule has 3 rings (SSSR count). The summed E-state index contributed by atoms with van der Waals surface area (Å²) in [5, 5.41) is 12.9. The van der Waals surface area contributed by atoms with Gasteiger partial charge in [-0.2, -0.15) is 0 Å². The topological polar surface area (TPSA) is 66.4 Å². The maximum atomic E-state index is 11.7. The molecule has 17 heavy (non-hydrogen) atoms. The van der Waals surface area contributed by atoms with Crippen LogP contribution in [0.4, 0.5) is 0 Å². The highest BCUT2D eigenvalue weighted by Gasteiger charge is 2.24. The lowest BCUT2D eigenvalue weighted by atomic mass is 9.93. The van der Waals surface area contributed by atoms with Crippen molar-refractivity contribution in [3.8, 4) is 0 Å². The molecule has 1 aliphatic heterocycles. The number of hydrogen-bond donors (Lipinski definition) is 2. The summed E-state index contributed by atoms with van der Waals surface area (Å²) in [6, 6.07) is 8.68. The summed E-state index contributed by atoms with van der Waals surface area (Å²) in [4.78, 5) is 23.4. The Morgan fingerprint density at radius 1 is 1.06 bits per heavy atom. The summed E-state index contributed by atoms with van der Waals surface area (Å²) < 4.78 is 0. The molecule has 0 atom stereocenters. The minimum absolute atomic E-state index is 0.131. The van der Waals surface area contributed by atoms with Crippen LogP contribution in [-0.4, -0.2) is 16.9 Å². The number of benzene rings is 2. The minimum atomic E-state index is -0.408. The van der Waals surface area contributed by atoms with Crippen LogP contribution in [-0.2, 0) is 6.61 Å². The number of carbonyl (C=O) groups excluding carboxylic acids is 2. The van der Waals surface area contributed by atoms with Gasteiger partial charge in [0.25, 0.3) is 11.8 Å². The molecule has 0 unspecified atom stereocenters. The largest absolute Gasteiger partial charge is 0.392 e. The van der Waals surface area contributed by atoms with Crippen LogP contribution in [0, 0.1) is 0 Å². The fourth-order valence-electron chi connectivity index (χ4n) is 2.19. The molecule has 2 aromatic rings. The average molecular weight is 227 g/mol. The van der Waals surface area contributed by atoms with E-state index in [1.165, 1.54) is 0 Å². The molecular formula is C13H9NO3. The summed E-state index contributed by atoms with van der Waals surface area (Å²) in [7, 11) is 0. The van der Waals surface area contributed by atoms with Crippen LogP contribution in [0.15, 0.2) is 30.3 Å². The first-order valence-electron chi connectivity index (χ1n) is 5.23. The van der Waals surface area contributed by atoms with Crippen LogP contribution in [0.5, 0.6) is 0 Å². The Morgan fingerprint density at radius 2 is 1.82 bits per heavy atom. The molecule has 1 heterocycles. The lowest BCUT2D eigenvalue weighted by Gasteiger charge is -2.17. The summed E-state index contributed by atoms with van der Waals surface area (Å²) in [5.41, 5.74) is 1.61. The fraction of sp³-hybridized carbons (Fsp3) is 0.0769. The van der Waals surface area contributed by atoms with Crippen molar-refractivity contribution in [2.75, 3.05) is 0 Å². The molecule has 0 spiro atoms. The predicted octanol–water partition coefficient (Wildman–Crippen LogP) is 1.22. The molecule has 2 aromatic carbocycles. The molecular weight excluding hydrogens is 218 g/mol. The Balaban J connectivity index is 2.48. The summed E-state index contributed by atoms with van der Waals surface area (Å²) in [6.45, 7) is -0.131. The van der Waals surface area contributed by atoms with E-state index in [-0.39, 0.29) is 12.5 Å². The zero-order valence-electron chi connectivity index (χ0n) is 8.86. The molecule has 0 saturated heterocycles. The molecule has 4 nitrogen and oxygen atoms in total. The van der Waals surface area contributed by atoms with E-state index in [4.69, 9.17) is 5.11 Å². The number of nitrogens with one attached hydrogen (secondary N) is 1. The maximum absolute atomic E-state index is 11.7. The summed E-state index contributed by atoms with van der Waals surface area (Å²) in [6.07, 6.45) is 0. The van der Waals surface area contributed by atoms with Gasteiger partial charge in [0.15, 0.2) is 0 Å². The first-order valence-corrected chi connectivity index (χ1v) is 5.23. The van der Waals surface area contributed by atoms with E-state index in [0.717, 1.165) is 5.39 Å². The third-order valence-electron chi connectivity index (χ3n) is 2.94. The highest BCUT2D eigenvalue weighted by molar-refractivity contribution is 6.25. The minimum Gasteiger partial charge on any atom is -0.392 e. The second-order valence-electron chi connectivity index (χ2n) is 3.99. The second kappa shape index (κ2) is 3.40. The first kappa shape index (κ1) is 9.99. The molecule has 0 aliphatic carbocycles. The second-order valence-corrected chi connectivity index (χ2v) is 3.99. The van der Waals surface area contributed by atoms with E-state index in [1.54, 1.807) is 24.3 Å². The molecule has 84 valence electrons. The highest BCUT2D eigenvalue weighted by atomic mass is 16.3. The quantitative estimate of drug-likeness (QED) is 0.720. The van der Waals surface area contributed by atoms with Gasteiger partial charge in [-0.25, -0.2) is 0 Å². The predicted molar refractivity (Wildman–Crippen MR) is 61.7 cm³/mol. The van der Waals surface area contributed by atoms with E-state index in [0.29, 0.717) is 22.1 Å². The van der Waals surface area contributed by atoms with Crippen LogP contribution >= 0.6 is 0 Å². The van der Waals surface area contributed by atoms with Crippen molar-refractivity contribution in [1.29, 1.82) is 0 Å². The maximum Gasteiger partial charge on any atom is 0.258 e. The van der Waals surface area contributed by atoms with E-state index >= 15 is 0 Å².